The van der Waals surface area contributed by atoms with E-state index in [0.717, 1.165) is 5.56 Å². The van der Waals surface area contributed by atoms with Crippen molar-refractivity contribution in [3.05, 3.63) is 95.0 Å². The van der Waals surface area contributed by atoms with E-state index < -0.39 is 10.0 Å². The van der Waals surface area contributed by atoms with E-state index >= 15 is 0 Å². The van der Waals surface area contributed by atoms with Gasteiger partial charge in [0.15, 0.2) is 0 Å². The van der Waals surface area contributed by atoms with Gasteiger partial charge >= 0.3 is 0 Å². The quantitative estimate of drug-likeness (QED) is 0.654. The third-order valence-electron chi connectivity index (χ3n) is 3.85. The number of amides is 1. The van der Waals surface area contributed by atoms with E-state index in [1.165, 1.54) is 12.1 Å². The summed E-state index contributed by atoms with van der Waals surface area (Å²) < 4.78 is 27.1. The van der Waals surface area contributed by atoms with Crippen molar-refractivity contribution in [2.24, 2.45) is 0 Å². The van der Waals surface area contributed by atoms with Crippen molar-refractivity contribution in [3.8, 4) is 0 Å². The monoisotopic (exact) mass is 400 g/mol. The molecule has 7 heteroatoms. The first-order chi connectivity index (χ1) is 13.0. The van der Waals surface area contributed by atoms with E-state index in [4.69, 9.17) is 11.6 Å². The lowest BCUT2D eigenvalue weighted by molar-refractivity contribution is 0.0951. The predicted octanol–water partition coefficient (Wildman–Crippen LogP) is 4.07. The van der Waals surface area contributed by atoms with Gasteiger partial charge < -0.3 is 5.32 Å². The Bertz CT molecular complexity index is 1040. The molecule has 1 amide bonds. The van der Waals surface area contributed by atoms with Gasteiger partial charge in [-0.05, 0) is 48.0 Å². The fourth-order valence-corrected chi connectivity index (χ4v) is 3.70. The summed E-state index contributed by atoms with van der Waals surface area (Å²) in [6.07, 6.45) is 0. The minimum atomic E-state index is -3.66. The zero-order valence-corrected chi connectivity index (χ0v) is 15.8. The number of carbonyl (C=O) groups is 1. The zero-order chi connectivity index (χ0) is 19.3. The number of sulfonamides is 1. The SMILES string of the molecule is O=C(NCc1ccccc1Cl)c1ccc(NS(=O)(=O)c2ccccc2)cc1. The minimum absolute atomic E-state index is 0.173. The third-order valence-corrected chi connectivity index (χ3v) is 5.62. The summed E-state index contributed by atoms with van der Waals surface area (Å²) in [6.45, 7) is 0.306. The molecule has 3 aromatic carbocycles. The van der Waals surface area contributed by atoms with E-state index in [0.29, 0.717) is 22.8 Å². The molecule has 0 radical (unpaired) electrons. The molecule has 0 aliphatic carbocycles. The molecule has 0 aromatic heterocycles. The van der Waals surface area contributed by atoms with Gasteiger partial charge in [-0.1, -0.05) is 48.0 Å². The Morgan fingerprint density at radius 1 is 0.852 bits per heavy atom. The van der Waals surface area contributed by atoms with Crippen molar-refractivity contribution in [2.75, 3.05) is 4.72 Å². The summed E-state index contributed by atoms with van der Waals surface area (Å²) in [6, 6.07) is 21.6. The molecule has 0 heterocycles. The summed E-state index contributed by atoms with van der Waals surface area (Å²) in [5.41, 5.74) is 1.62. The van der Waals surface area contributed by atoms with Crippen LogP contribution in [0.2, 0.25) is 5.02 Å². The van der Waals surface area contributed by atoms with Gasteiger partial charge in [-0.3, -0.25) is 9.52 Å². The van der Waals surface area contributed by atoms with Gasteiger partial charge in [0.1, 0.15) is 0 Å². The lowest BCUT2D eigenvalue weighted by Crippen LogP contribution is -2.23. The van der Waals surface area contributed by atoms with Crippen molar-refractivity contribution in [1.29, 1.82) is 0 Å². The molecule has 27 heavy (non-hydrogen) atoms. The molecule has 3 aromatic rings. The molecule has 0 saturated heterocycles. The van der Waals surface area contributed by atoms with Crippen molar-refractivity contribution < 1.29 is 13.2 Å². The van der Waals surface area contributed by atoms with Crippen LogP contribution in [0.15, 0.2) is 83.8 Å². The Kier molecular flexibility index (Phi) is 5.78. The number of anilines is 1. The molecule has 0 aliphatic rings. The highest BCUT2D eigenvalue weighted by atomic mass is 35.5. The Balaban J connectivity index is 1.65. The Morgan fingerprint density at radius 3 is 2.15 bits per heavy atom. The van der Waals surface area contributed by atoms with Crippen molar-refractivity contribution in [3.63, 3.8) is 0 Å². The first kappa shape index (κ1) is 18.9. The van der Waals surface area contributed by atoms with Crippen LogP contribution in [-0.4, -0.2) is 14.3 Å². The van der Waals surface area contributed by atoms with Gasteiger partial charge in [-0.25, -0.2) is 8.42 Å². The smallest absolute Gasteiger partial charge is 0.261 e. The number of hydrogen-bond acceptors (Lipinski definition) is 3. The normalized spacial score (nSPS) is 11.0. The van der Waals surface area contributed by atoms with Crippen molar-refractivity contribution in [1.82, 2.24) is 5.32 Å². The fourth-order valence-electron chi connectivity index (χ4n) is 2.42. The van der Waals surface area contributed by atoms with E-state index in [9.17, 15) is 13.2 Å². The molecule has 0 fully saturated rings. The van der Waals surface area contributed by atoms with E-state index in [1.807, 2.05) is 18.2 Å². The third kappa shape index (κ3) is 4.87. The Morgan fingerprint density at radius 2 is 1.48 bits per heavy atom. The molecule has 0 spiro atoms. The summed E-state index contributed by atoms with van der Waals surface area (Å²) in [4.78, 5) is 12.4. The van der Waals surface area contributed by atoms with Crippen LogP contribution in [0.5, 0.6) is 0 Å². The molecular weight excluding hydrogens is 384 g/mol. The second-order valence-electron chi connectivity index (χ2n) is 5.77. The van der Waals surface area contributed by atoms with Gasteiger partial charge in [0, 0.05) is 22.8 Å². The maximum atomic E-state index is 12.3. The maximum Gasteiger partial charge on any atom is 0.261 e. The van der Waals surface area contributed by atoms with Gasteiger partial charge in [0.25, 0.3) is 15.9 Å². The van der Waals surface area contributed by atoms with Crippen LogP contribution in [-0.2, 0) is 16.6 Å². The van der Waals surface area contributed by atoms with Crippen LogP contribution in [0.3, 0.4) is 0 Å². The number of nitrogens with one attached hydrogen (secondary N) is 2. The van der Waals surface area contributed by atoms with Gasteiger partial charge in [-0.2, -0.15) is 0 Å². The summed E-state index contributed by atoms with van der Waals surface area (Å²) in [7, 11) is -3.66. The van der Waals surface area contributed by atoms with Crippen LogP contribution < -0.4 is 10.0 Å². The minimum Gasteiger partial charge on any atom is -0.348 e. The van der Waals surface area contributed by atoms with Crippen LogP contribution in [0.4, 0.5) is 5.69 Å². The fraction of sp³-hybridized carbons (Fsp3) is 0.0500. The molecule has 0 unspecified atom stereocenters. The predicted molar refractivity (Wildman–Crippen MR) is 106 cm³/mol. The topological polar surface area (TPSA) is 75.3 Å². The molecule has 0 bridgehead atoms. The Labute approximate surface area is 163 Å². The molecule has 138 valence electrons. The van der Waals surface area contributed by atoms with E-state index in [1.54, 1.807) is 48.5 Å². The molecule has 2 N–H and O–H groups in total. The molecule has 5 nitrogen and oxygen atoms in total. The standard InChI is InChI=1S/C20H17ClN2O3S/c21-19-9-5-4-6-16(19)14-22-20(24)15-10-12-17(13-11-15)23-27(25,26)18-7-2-1-3-8-18/h1-13,23H,14H2,(H,22,24). The summed E-state index contributed by atoms with van der Waals surface area (Å²) in [5, 5.41) is 3.37. The summed E-state index contributed by atoms with van der Waals surface area (Å²) >= 11 is 6.07. The van der Waals surface area contributed by atoms with Crippen molar-refractivity contribution >= 4 is 33.2 Å². The summed E-state index contributed by atoms with van der Waals surface area (Å²) in [5.74, 6) is -0.271. The van der Waals surface area contributed by atoms with Gasteiger partial charge in [0.05, 0.1) is 4.90 Å². The highest BCUT2D eigenvalue weighted by molar-refractivity contribution is 7.92. The number of carbonyl (C=O) groups excluding carboxylic acids is 1. The van der Waals surface area contributed by atoms with Crippen LogP contribution in [0.25, 0.3) is 0 Å². The Hall–Kier alpha value is -2.83. The molecule has 0 atom stereocenters. The molecule has 0 aliphatic heterocycles. The van der Waals surface area contributed by atoms with Crippen LogP contribution in [0.1, 0.15) is 15.9 Å². The average Bonchev–Trinajstić information content (AvgIpc) is 2.68. The van der Waals surface area contributed by atoms with Crippen LogP contribution in [0, 0.1) is 0 Å². The lowest BCUT2D eigenvalue weighted by Gasteiger charge is -2.10. The van der Waals surface area contributed by atoms with Gasteiger partial charge in [-0.15, -0.1) is 0 Å². The number of benzene rings is 3. The maximum absolute atomic E-state index is 12.3. The first-order valence-corrected chi connectivity index (χ1v) is 10.0. The molecule has 3 rings (SSSR count). The van der Waals surface area contributed by atoms with Gasteiger partial charge in [0.2, 0.25) is 0 Å². The largest absolute Gasteiger partial charge is 0.348 e. The van der Waals surface area contributed by atoms with Crippen molar-refractivity contribution in [2.45, 2.75) is 11.4 Å². The second kappa shape index (κ2) is 8.24. The molecular formula is C20H17ClN2O3S. The highest BCUT2D eigenvalue weighted by Gasteiger charge is 2.14. The highest BCUT2D eigenvalue weighted by Crippen LogP contribution is 2.17. The van der Waals surface area contributed by atoms with E-state index in [2.05, 4.69) is 10.0 Å². The lowest BCUT2D eigenvalue weighted by atomic mass is 10.2. The number of halogens is 1. The zero-order valence-electron chi connectivity index (χ0n) is 14.2. The van der Waals surface area contributed by atoms with Crippen LogP contribution >= 0.6 is 11.6 Å². The number of hydrogen-bond donors (Lipinski definition) is 2. The second-order valence-corrected chi connectivity index (χ2v) is 7.86. The van der Waals surface area contributed by atoms with E-state index in [-0.39, 0.29) is 10.8 Å². The average molecular weight is 401 g/mol. The first-order valence-electron chi connectivity index (χ1n) is 8.15. The number of rotatable bonds is 6. The molecule has 0 saturated carbocycles.